The number of aliphatic hydroxyl groups excluding tert-OH is 1. The van der Waals surface area contributed by atoms with Gasteiger partial charge in [0.25, 0.3) is 0 Å². The van der Waals surface area contributed by atoms with Crippen molar-refractivity contribution < 1.29 is 5.11 Å². The molecule has 1 unspecified atom stereocenters. The molecule has 1 saturated carbocycles. The zero-order chi connectivity index (χ0) is 13.9. The lowest BCUT2D eigenvalue weighted by Crippen LogP contribution is -2.35. The van der Waals surface area contributed by atoms with Crippen molar-refractivity contribution in [3.05, 3.63) is 34.9 Å². The second-order valence-electron chi connectivity index (χ2n) is 6.48. The predicted octanol–water partition coefficient (Wildman–Crippen LogP) is 4.85. The molecule has 0 saturated heterocycles. The second-order valence-corrected chi connectivity index (χ2v) is 6.89. The van der Waals surface area contributed by atoms with Crippen LogP contribution in [0.1, 0.15) is 51.5 Å². The predicted molar refractivity (Wildman–Crippen MR) is 81.5 cm³/mol. The average molecular weight is 281 g/mol. The largest absolute Gasteiger partial charge is 0.392 e. The number of rotatable bonds is 5. The van der Waals surface area contributed by atoms with Gasteiger partial charge in [0.15, 0.2) is 0 Å². The highest BCUT2D eigenvalue weighted by atomic mass is 35.5. The van der Waals surface area contributed by atoms with Crippen molar-refractivity contribution in [3.63, 3.8) is 0 Å². The minimum Gasteiger partial charge on any atom is -0.392 e. The van der Waals surface area contributed by atoms with Crippen LogP contribution in [0.2, 0.25) is 5.02 Å². The van der Waals surface area contributed by atoms with Crippen molar-refractivity contribution in [2.75, 3.05) is 0 Å². The van der Waals surface area contributed by atoms with Crippen LogP contribution in [-0.2, 0) is 6.42 Å². The number of aliphatic hydroxyl groups is 1. The van der Waals surface area contributed by atoms with Crippen molar-refractivity contribution in [2.24, 2.45) is 11.3 Å². The van der Waals surface area contributed by atoms with E-state index in [2.05, 4.69) is 13.8 Å². The number of hydrogen-bond acceptors (Lipinski definition) is 1. The maximum absolute atomic E-state index is 10.8. The fourth-order valence-electron chi connectivity index (χ4n) is 3.65. The lowest BCUT2D eigenvalue weighted by Gasteiger charge is -2.36. The normalized spacial score (nSPS) is 19.8. The van der Waals surface area contributed by atoms with E-state index in [0.717, 1.165) is 29.8 Å². The number of halogens is 1. The van der Waals surface area contributed by atoms with Crippen molar-refractivity contribution in [1.29, 1.82) is 0 Å². The van der Waals surface area contributed by atoms with Crippen molar-refractivity contribution >= 4 is 11.6 Å². The summed E-state index contributed by atoms with van der Waals surface area (Å²) in [6.07, 6.45) is 6.38. The zero-order valence-electron chi connectivity index (χ0n) is 12.0. The zero-order valence-corrected chi connectivity index (χ0v) is 12.8. The SMILES string of the molecule is CC(C)CC1(C(O)Cc2ccccc2Cl)CCCC1. The van der Waals surface area contributed by atoms with Gasteiger partial charge in [0, 0.05) is 11.4 Å². The van der Waals surface area contributed by atoms with Crippen molar-refractivity contribution in [3.8, 4) is 0 Å². The Labute approximate surface area is 122 Å². The van der Waals surface area contributed by atoms with Gasteiger partial charge < -0.3 is 5.11 Å². The summed E-state index contributed by atoms with van der Waals surface area (Å²) < 4.78 is 0. The van der Waals surface area contributed by atoms with Gasteiger partial charge in [-0.05, 0) is 42.2 Å². The average Bonchev–Trinajstić information content (AvgIpc) is 2.81. The fraction of sp³-hybridized carbons (Fsp3) is 0.647. The Morgan fingerprint density at radius 1 is 1.21 bits per heavy atom. The molecular formula is C17H25ClO. The van der Waals surface area contributed by atoms with E-state index in [4.69, 9.17) is 11.6 Å². The molecule has 1 N–H and O–H groups in total. The smallest absolute Gasteiger partial charge is 0.0637 e. The van der Waals surface area contributed by atoms with Gasteiger partial charge in [0.1, 0.15) is 0 Å². The Morgan fingerprint density at radius 3 is 2.42 bits per heavy atom. The molecule has 106 valence electrons. The van der Waals surface area contributed by atoms with Crippen LogP contribution in [-0.4, -0.2) is 11.2 Å². The quantitative estimate of drug-likeness (QED) is 0.817. The third kappa shape index (κ3) is 3.52. The van der Waals surface area contributed by atoms with Gasteiger partial charge in [0.2, 0.25) is 0 Å². The highest BCUT2D eigenvalue weighted by Crippen LogP contribution is 2.46. The van der Waals surface area contributed by atoms with Crippen LogP contribution in [0.5, 0.6) is 0 Å². The van der Waals surface area contributed by atoms with Crippen molar-refractivity contribution in [2.45, 2.75) is 58.5 Å². The molecule has 1 atom stereocenters. The molecule has 2 heteroatoms. The standard InChI is InChI=1S/C17H25ClO/c1-13(2)12-17(9-5-6-10-17)16(19)11-14-7-3-4-8-15(14)18/h3-4,7-8,13,16,19H,5-6,9-12H2,1-2H3. The summed E-state index contributed by atoms with van der Waals surface area (Å²) in [7, 11) is 0. The van der Waals surface area contributed by atoms with Crippen LogP contribution >= 0.6 is 11.6 Å². The molecule has 1 aromatic carbocycles. The van der Waals surface area contributed by atoms with Crippen LogP contribution < -0.4 is 0 Å². The number of hydrogen-bond donors (Lipinski definition) is 1. The van der Waals surface area contributed by atoms with E-state index in [-0.39, 0.29) is 11.5 Å². The van der Waals surface area contributed by atoms with Crippen LogP contribution in [0.3, 0.4) is 0 Å². The van der Waals surface area contributed by atoms with Gasteiger partial charge in [-0.2, -0.15) is 0 Å². The number of benzene rings is 1. The van der Waals surface area contributed by atoms with Crippen LogP contribution in [0.25, 0.3) is 0 Å². The molecule has 1 aliphatic rings. The molecule has 1 aromatic rings. The first kappa shape index (κ1) is 14.9. The summed E-state index contributed by atoms with van der Waals surface area (Å²) in [5, 5.41) is 11.5. The molecule has 0 aromatic heterocycles. The van der Waals surface area contributed by atoms with E-state index in [1.165, 1.54) is 12.8 Å². The maximum atomic E-state index is 10.8. The summed E-state index contributed by atoms with van der Waals surface area (Å²) in [5.74, 6) is 0.638. The molecule has 0 spiro atoms. The first-order valence-corrected chi connectivity index (χ1v) is 7.83. The molecule has 19 heavy (non-hydrogen) atoms. The highest BCUT2D eigenvalue weighted by molar-refractivity contribution is 6.31. The molecule has 0 radical (unpaired) electrons. The lowest BCUT2D eigenvalue weighted by atomic mass is 9.72. The van der Waals surface area contributed by atoms with E-state index < -0.39 is 0 Å². The molecule has 2 rings (SSSR count). The molecule has 0 aliphatic heterocycles. The Bertz CT molecular complexity index is 407. The van der Waals surface area contributed by atoms with Crippen LogP contribution in [0.15, 0.2) is 24.3 Å². The van der Waals surface area contributed by atoms with Crippen molar-refractivity contribution in [1.82, 2.24) is 0 Å². The van der Waals surface area contributed by atoms with E-state index in [0.29, 0.717) is 12.3 Å². The van der Waals surface area contributed by atoms with Gasteiger partial charge in [-0.3, -0.25) is 0 Å². The summed E-state index contributed by atoms with van der Waals surface area (Å²) in [6.45, 7) is 4.50. The molecule has 0 amide bonds. The van der Waals surface area contributed by atoms with Crippen LogP contribution in [0.4, 0.5) is 0 Å². The topological polar surface area (TPSA) is 20.2 Å². The van der Waals surface area contributed by atoms with Gasteiger partial charge >= 0.3 is 0 Å². The monoisotopic (exact) mass is 280 g/mol. The Morgan fingerprint density at radius 2 is 1.84 bits per heavy atom. The third-order valence-corrected chi connectivity index (χ3v) is 4.86. The van der Waals surface area contributed by atoms with Gasteiger partial charge in [0.05, 0.1) is 6.10 Å². The Hall–Kier alpha value is -0.530. The summed E-state index contributed by atoms with van der Waals surface area (Å²) in [4.78, 5) is 0. The molecular weight excluding hydrogens is 256 g/mol. The van der Waals surface area contributed by atoms with Crippen LogP contribution in [0, 0.1) is 11.3 Å². The van der Waals surface area contributed by atoms with E-state index in [9.17, 15) is 5.11 Å². The summed E-state index contributed by atoms with van der Waals surface area (Å²) >= 11 is 6.22. The fourth-order valence-corrected chi connectivity index (χ4v) is 3.87. The lowest BCUT2D eigenvalue weighted by molar-refractivity contribution is 0.0134. The first-order chi connectivity index (χ1) is 9.03. The van der Waals surface area contributed by atoms with Gasteiger partial charge in [-0.15, -0.1) is 0 Å². The Kier molecular flexibility index (Phi) is 4.92. The molecule has 0 bridgehead atoms. The highest BCUT2D eigenvalue weighted by Gasteiger charge is 2.40. The molecule has 1 nitrogen and oxygen atoms in total. The van der Waals surface area contributed by atoms with E-state index in [1.54, 1.807) is 0 Å². The third-order valence-electron chi connectivity index (χ3n) is 4.49. The summed E-state index contributed by atoms with van der Waals surface area (Å²) in [5.41, 5.74) is 1.19. The van der Waals surface area contributed by atoms with Gasteiger partial charge in [-0.1, -0.05) is 56.5 Å². The molecule has 0 heterocycles. The summed E-state index contributed by atoms with van der Waals surface area (Å²) in [6, 6.07) is 7.88. The molecule has 1 fully saturated rings. The van der Waals surface area contributed by atoms with Gasteiger partial charge in [-0.25, -0.2) is 0 Å². The Balaban J connectivity index is 2.12. The minimum absolute atomic E-state index is 0.118. The maximum Gasteiger partial charge on any atom is 0.0637 e. The first-order valence-electron chi connectivity index (χ1n) is 7.45. The van der Waals surface area contributed by atoms with E-state index in [1.807, 2.05) is 24.3 Å². The minimum atomic E-state index is -0.266. The molecule has 1 aliphatic carbocycles. The second kappa shape index (κ2) is 6.28. The van der Waals surface area contributed by atoms with E-state index >= 15 is 0 Å².